The minimum atomic E-state index is -0.134. The molecule has 2 aromatic carbocycles. The number of anilines is 1. The lowest BCUT2D eigenvalue weighted by molar-refractivity contribution is 0.102. The van der Waals surface area contributed by atoms with Gasteiger partial charge in [-0.3, -0.25) is 9.20 Å². The molecule has 4 aromatic rings. The number of rotatable bonds is 4. The maximum atomic E-state index is 12.7. The number of carbonyl (C=O) groups excluding carboxylic acids is 1. The van der Waals surface area contributed by atoms with Gasteiger partial charge in [0.1, 0.15) is 11.5 Å². The van der Waals surface area contributed by atoms with Crippen molar-refractivity contribution in [1.29, 1.82) is 0 Å². The van der Waals surface area contributed by atoms with Crippen LogP contribution in [0.1, 0.15) is 27.2 Å². The Hall–Kier alpha value is -3.40. The highest BCUT2D eigenvalue weighted by molar-refractivity contribution is 6.04. The van der Waals surface area contributed by atoms with Gasteiger partial charge in [0, 0.05) is 18.2 Å². The van der Waals surface area contributed by atoms with Crippen molar-refractivity contribution in [2.24, 2.45) is 0 Å². The highest BCUT2D eigenvalue weighted by atomic mass is 16.1. The molecule has 0 aliphatic carbocycles. The SMILES string of the molecule is Cc1ccc(C(=O)Nc2c(Cc3ccccc3)nc3ccccn23)cc1. The number of aryl methyl sites for hydroxylation is 1. The Morgan fingerprint density at radius 3 is 2.46 bits per heavy atom. The summed E-state index contributed by atoms with van der Waals surface area (Å²) in [5.74, 6) is 0.583. The summed E-state index contributed by atoms with van der Waals surface area (Å²) in [6.45, 7) is 2.00. The summed E-state index contributed by atoms with van der Waals surface area (Å²) in [6.07, 6.45) is 2.58. The summed E-state index contributed by atoms with van der Waals surface area (Å²) in [6, 6.07) is 23.5. The molecule has 0 aliphatic heterocycles. The third-order valence-corrected chi connectivity index (χ3v) is 4.36. The van der Waals surface area contributed by atoms with Crippen LogP contribution in [0.3, 0.4) is 0 Å². The molecule has 1 amide bonds. The molecule has 4 heteroatoms. The lowest BCUT2D eigenvalue weighted by Gasteiger charge is -2.08. The molecule has 0 saturated carbocycles. The van der Waals surface area contributed by atoms with Gasteiger partial charge in [-0.2, -0.15) is 0 Å². The number of hydrogen-bond donors (Lipinski definition) is 1. The fourth-order valence-corrected chi connectivity index (χ4v) is 2.97. The number of aromatic nitrogens is 2. The van der Waals surface area contributed by atoms with Gasteiger partial charge < -0.3 is 5.32 Å². The predicted molar refractivity (Wildman–Crippen MR) is 104 cm³/mol. The Labute approximate surface area is 152 Å². The second kappa shape index (κ2) is 6.84. The molecule has 0 aliphatic rings. The first-order chi connectivity index (χ1) is 12.7. The van der Waals surface area contributed by atoms with Crippen molar-refractivity contribution in [3.63, 3.8) is 0 Å². The van der Waals surface area contributed by atoms with Crippen molar-refractivity contribution in [3.05, 3.63) is 101 Å². The Bertz CT molecular complexity index is 1050. The third kappa shape index (κ3) is 3.22. The van der Waals surface area contributed by atoms with Gasteiger partial charge in [0.05, 0.1) is 5.69 Å². The monoisotopic (exact) mass is 341 g/mol. The average molecular weight is 341 g/mol. The van der Waals surface area contributed by atoms with Crippen LogP contribution in [0.25, 0.3) is 5.65 Å². The molecule has 0 radical (unpaired) electrons. The summed E-state index contributed by atoms with van der Waals surface area (Å²) >= 11 is 0. The number of carbonyl (C=O) groups is 1. The molecule has 4 rings (SSSR count). The summed E-state index contributed by atoms with van der Waals surface area (Å²) < 4.78 is 1.92. The normalized spacial score (nSPS) is 10.8. The zero-order chi connectivity index (χ0) is 17.9. The highest BCUT2D eigenvalue weighted by Crippen LogP contribution is 2.22. The van der Waals surface area contributed by atoms with E-state index in [1.807, 2.05) is 78.2 Å². The quantitative estimate of drug-likeness (QED) is 0.595. The van der Waals surface area contributed by atoms with Gasteiger partial charge >= 0.3 is 0 Å². The zero-order valence-electron chi connectivity index (χ0n) is 14.5. The number of fused-ring (bicyclic) bond motifs is 1. The Kier molecular flexibility index (Phi) is 4.23. The van der Waals surface area contributed by atoms with Gasteiger partial charge in [0.25, 0.3) is 5.91 Å². The van der Waals surface area contributed by atoms with Crippen molar-refractivity contribution in [2.75, 3.05) is 5.32 Å². The maximum Gasteiger partial charge on any atom is 0.256 e. The number of nitrogens with one attached hydrogen (secondary N) is 1. The molecule has 4 nitrogen and oxygen atoms in total. The van der Waals surface area contributed by atoms with E-state index in [1.165, 1.54) is 0 Å². The van der Waals surface area contributed by atoms with Crippen LogP contribution in [-0.4, -0.2) is 15.3 Å². The number of amides is 1. The van der Waals surface area contributed by atoms with Gasteiger partial charge in [0.2, 0.25) is 0 Å². The molecule has 2 heterocycles. The van der Waals surface area contributed by atoms with Crippen LogP contribution in [0, 0.1) is 6.92 Å². The highest BCUT2D eigenvalue weighted by Gasteiger charge is 2.16. The Balaban J connectivity index is 1.71. The third-order valence-electron chi connectivity index (χ3n) is 4.36. The van der Waals surface area contributed by atoms with E-state index in [0.717, 1.165) is 28.3 Å². The van der Waals surface area contributed by atoms with Crippen LogP contribution in [0.2, 0.25) is 0 Å². The van der Waals surface area contributed by atoms with Crippen LogP contribution < -0.4 is 5.32 Å². The molecule has 1 N–H and O–H groups in total. The first-order valence-electron chi connectivity index (χ1n) is 8.58. The van der Waals surface area contributed by atoms with E-state index in [-0.39, 0.29) is 5.91 Å². The van der Waals surface area contributed by atoms with Crippen molar-refractivity contribution >= 4 is 17.4 Å². The predicted octanol–water partition coefficient (Wildman–Crippen LogP) is 4.49. The minimum absolute atomic E-state index is 0.134. The Morgan fingerprint density at radius 2 is 1.69 bits per heavy atom. The lowest BCUT2D eigenvalue weighted by atomic mass is 10.1. The van der Waals surface area contributed by atoms with E-state index in [1.54, 1.807) is 0 Å². The summed E-state index contributed by atoms with van der Waals surface area (Å²) in [7, 11) is 0. The van der Waals surface area contributed by atoms with E-state index in [2.05, 4.69) is 17.4 Å². The molecule has 0 fully saturated rings. The van der Waals surface area contributed by atoms with Crippen LogP contribution in [0.4, 0.5) is 5.82 Å². The van der Waals surface area contributed by atoms with E-state index in [0.29, 0.717) is 12.0 Å². The van der Waals surface area contributed by atoms with Gasteiger partial charge in [0.15, 0.2) is 0 Å². The summed E-state index contributed by atoms with van der Waals surface area (Å²) in [5.41, 5.74) is 4.58. The topological polar surface area (TPSA) is 46.4 Å². The van der Waals surface area contributed by atoms with Crippen LogP contribution in [0.15, 0.2) is 79.0 Å². The molecule has 0 atom stereocenters. The molecular formula is C22H19N3O. The molecule has 26 heavy (non-hydrogen) atoms. The lowest BCUT2D eigenvalue weighted by Crippen LogP contribution is -2.14. The molecule has 2 aromatic heterocycles. The van der Waals surface area contributed by atoms with Gasteiger partial charge in [-0.1, -0.05) is 54.1 Å². The van der Waals surface area contributed by atoms with Crippen molar-refractivity contribution in [3.8, 4) is 0 Å². The fraction of sp³-hybridized carbons (Fsp3) is 0.0909. The van der Waals surface area contributed by atoms with E-state index < -0.39 is 0 Å². The second-order valence-electron chi connectivity index (χ2n) is 6.32. The van der Waals surface area contributed by atoms with E-state index >= 15 is 0 Å². The van der Waals surface area contributed by atoms with Crippen molar-refractivity contribution in [1.82, 2.24) is 9.38 Å². The van der Waals surface area contributed by atoms with Crippen LogP contribution in [0.5, 0.6) is 0 Å². The number of imidazole rings is 1. The fourth-order valence-electron chi connectivity index (χ4n) is 2.97. The molecular weight excluding hydrogens is 322 g/mol. The number of benzene rings is 2. The van der Waals surface area contributed by atoms with Crippen molar-refractivity contribution < 1.29 is 4.79 Å². The summed E-state index contributed by atoms with van der Waals surface area (Å²) in [5, 5.41) is 3.05. The zero-order valence-corrected chi connectivity index (χ0v) is 14.5. The van der Waals surface area contributed by atoms with E-state index in [9.17, 15) is 4.79 Å². The number of nitrogens with zero attached hydrogens (tertiary/aromatic N) is 2. The average Bonchev–Trinajstić information content (AvgIpc) is 3.00. The van der Waals surface area contributed by atoms with Crippen LogP contribution >= 0.6 is 0 Å². The van der Waals surface area contributed by atoms with Crippen molar-refractivity contribution in [2.45, 2.75) is 13.3 Å². The minimum Gasteiger partial charge on any atom is -0.306 e. The second-order valence-corrected chi connectivity index (χ2v) is 6.32. The van der Waals surface area contributed by atoms with Crippen LogP contribution in [-0.2, 0) is 6.42 Å². The van der Waals surface area contributed by atoms with Gasteiger partial charge in [-0.25, -0.2) is 4.98 Å². The molecule has 0 unspecified atom stereocenters. The molecule has 128 valence electrons. The van der Waals surface area contributed by atoms with Gasteiger partial charge in [-0.05, 0) is 36.8 Å². The smallest absolute Gasteiger partial charge is 0.256 e. The maximum absolute atomic E-state index is 12.7. The Morgan fingerprint density at radius 1 is 0.962 bits per heavy atom. The van der Waals surface area contributed by atoms with Gasteiger partial charge in [-0.15, -0.1) is 0 Å². The number of pyridine rings is 1. The standard InChI is InChI=1S/C22H19N3O/c1-16-10-12-18(13-11-16)22(26)24-21-19(15-17-7-3-2-4-8-17)23-20-9-5-6-14-25(20)21/h2-14H,15H2,1H3,(H,24,26). The number of hydrogen-bond acceptors (Lipinski definition) is 2. The first kappa shape index (κ1) is 16.1. The first-order valence-corrected chi connectivity index (χ1v) is 8.58. The van der Waals surface area contributed by atoms with E-state index in [4.69, 9.17) is 4.98 Å². The molecule has 0 saturated heterocycles. The largest absolute Gasteiger partial charge is 0.306 e. The molecule has 0 bridgehead atoms. The molecule has 0 spiro atoms. The summed E-state index contributed by atoms with van der Waals surface area (Å²) in [4.78, 5) is 17.4.